The predicted molar refractivity (Wildman–Crippen MR) is 80.7 cm³/mol. The summed E-state index contributed by atoms with van der Waals surface area (Å²) in [5, 5.41) is 2.81. The van der Waals surface area contributed by atoms with Crippen LogP contribution in [-0.4, -0.2) is 33.3 Å². The second-order valence-corrected chi connectivity index (χ2v) is 8.23. The van der Waals surface area contributed by atoms with E-state index < -0.39 is 10.0 Å². The third-order valence-corrected chi connectivity index (χ3v) is 5.80. The molecular formula is C14H30N2O2S. The zero-order valence-electron chi connectivity index (χ0n) is 12.6. The van der Waals surface area contributed by atoms with Crippen molar-refractivity contribution in [1.29, 1.82) is 0 Å². The standard InChI is InChI=1S/C14H30N2O2S/c1-4-8-15-10-13(3)19(17,18)16-11-14-7-5-6-12(2)9-14/h12-16H,4-11H2,1-3H3. The van der Waals surface area contributed by atoms with Gasteiger partial charge in [0.15, 0.2) is 0 Å². The molecular weight excluding hydrogens is 260 g/mol. The minimum absolute atomic E-state index is 0.361. The van der Waals surface area contributed by atoms with Gasteiger partial charge >= 0.3 is 0 Å². The van der Waals surface area contributed by atoms with Crippen LogP contribution in [-0.2, 0) is 10.0 Å². The monoisotopic (exact) mass is 290 g/mol. The quantitative estimate of drug-likeness (QED) is 0.673. The lowest BCUT2D eigenvalue weighted by atomic mass is 9.83. The molecule has 1 saturated carbocycles. The third kappa shape index (κ3) is 6.23. The van der Waals surface area contributed by atoms with Crippen molar-refractivity contribution in [2.24, 2.45) is 11.8 Å². The molecule has 0 aromatic rings. The molecule has 19 heavy (non-hydrogen) atoms. The molecule has 0 amide bonds. The number of sulfonamides is 1. The number of nitrogens with one attached hydrogen (secondary N) is 2. The molecule has 3 unspecified atom stereocenters. The summed E-state index contributed by atoms with van der Waals surface area (Å²) in [4.78, 5) is 0. The molecule has 2 N–H and O–H groups in total. The van der Waals surface area contributed by atoms with E-state index in [9.17, 15) is 8.42 Å². The van der Waals surface area contributed by atoms with Crippen LogP contribution in [0.1, 0.15) is 52.9 Å². The lowest BCUT2D eigenvalue weighted by Crippen LogP contribution is -2.41. The number of hydrogen-bond donors (Lipinski definition) is 2. The molecule has 0 radical (unpaired) electrons. The highest BCUT2D eigenvalue weighted by Crippen LogP contribution is 2.28. The van der Waals surface area contributed by atoms with E-state index in [2.05, 4.69) is 23.9 Å². The molecule has 0 aliphatic heterocycles. The molecule has 1 fully saturated rings. The summed E-state index contributed by atoms with van der Waals surface area (Å²) in [6.07, 6.45) is 5.88. The van der Waals surface area contributed by atoms with E-state index in [0.717, 1.165) is 31.7 Å². The van der Waals surface area contributed by atoms with E-state index in [1.165, 1.54) is 12.8 Å². The van der Waals surface area contributed by atoms with Gasteiger partial charge in [-0.25, -0.2) is 13.1 Å². The Hall–Kier alpha value is -0.130. The van der Waals surface area contributed by atoms with E-state index in [1.807, 2.05) is 0 Å². The summed E-state index contributed by atoms with van der Waals surface area (Å²) in [6, 6.07) is 0. The van der Waals surface area contributed by atoms with Crippen molar-refractivity contribution in [3.8, 4) is 0 Å². The summed E-state index contributed by atoms with van der Waals surface area (Å²) in [7, 11) is -3.17. The average molecular weight is 290 g/mol. The Morgan fingerprint density at radius 3 is 2.68 bits per heavy atom. The normalized spacial score (nSPS) is 26.3. The van der Waals surface area contributed by atoms with E-state index in [-0.39, 0.29) is 5.25 Å². The van der Waals surface area contributed by atoms with Crippen LogP contribution < -0.4 is 10.0 Å². The maximum Gasteiger partial charge on any atom is 0.215 e. The fraction of sp³-hybridized carbons (Fsp3) is 1.00. The topological polar surface area (TPSA) is 58.2 Å². The zero-order chi connectivity index (χ0) is 14.3. The van der Waals surface area contributed by atoms with Crippen molar-refractivity contribution in [2.75, 3.05) is 19.6 Å². The molecule has 0 heterocycles. The van der Waals surface area contributed by atoms with E-state index in [4.69, 9.17) is 0 Å². The highest BCUT2D eigenvalue weighted by atomic mass is 32.2. The second-order valence-electron chi connectivity index (χ2n) is 6.05. The van der Waals surface area contributed by atoms with Gasteiger partial charge < -0.3 is 5.32 Å². The van der Waals surface area contributed by atoms with Gasteiger partial charge in [0.1, 0.15) is 0 Å². The van der Waals surface area contributed by atoms with Crippen LogP contribution in [0.15, 0.2) is 0 Å². The van der Waals surface area contributed by atoms with Gasteiger partial charge in [-0.1, -0.05) is 26.7 Å². The van der Waals surface area contributed by atoms with Gasteiger partial charge in [0.2, 0.25) is 10.0 Å². The van der Waals surface area contributed by atoms with Gasteiger partial charge in [-0.2, -0.15) is 0 Å². The Labute approximate surface area is 118 Å². The fourth-order valence-corrected chi connectivity index (χ4v) is 3.80. The summed E-state index contributed by atoms with van der Waals surface area (Å²) >= 11 is 0. The minimum atomic E-state index is -3.17. The molecule has 1 aliphatic rings. The highest BCUT2D eigenvalue weighted by Gasteiger charge is 2.24. The molecule has 0 spiro atoms. The van der Waals surface area contributed by atoms with Crippen LogP contribution in [0.4, 0.5) is 0 Å². The minimum Gasteiger partial charge on any atom is -0.315 e. The Bertz CT molecular complexity index is 343. The van der Waals surface area contributed by atoms with Crippen LogP contribution in [0.3, 0.4) is 0 Å². The maximum absolute atomic E-state index is 12.1. The van der Waals surface area contributed by atoms with Gasteiger partial charge in [-0.05, 0) is 44.6 Å². The maximum atomic E-state index is 12.1. The Balaban J connectivity index is 2.32. The highest BCUT2D eigenvalue weighted by molar-refractivity contribution is 7.90. The van der Waals surface area contributed by atoms with Gasteiger partial charge in [0, 0.05) is 13.1 Å². The summed E-state index contributed by atoms with van der Waals surface area (Å²) in [5.74, 6) is 1.27. The molecule has 0 aromatic carbocycles. The first-order chi connectivity index (χ1) is 8.95. The van der Waals surface area contributed by atoms with Gasteiger partial charge in [-0.3, -0.25) is 0 Å². The molecule has 0 bridgehead atoms. The summed E-state index contributed by atoms with van der Waals surface area (Å²) < 4.78 is 27.0. The second kappa shape index (κ2) is 8.22. The smallest absolute Gasteiger partial charge is 0.215 e. The van der Waals surface area contributed by atoms with Crippen LogP contribution >= 0.6 is 0 Å². The first-order valence-corrected chi connectivity index (χ1v) is 9.19. The fourth-order valence-electron chi connectivity index (χ4n) is 2.71. The lowest BCUT2D eigenvalue weighted by molar-refractivity contribution is 0.283. The third-order valence-electron chi connectivity index (χ3n) is 4.01. The lowest BCUT2D eigenvalue weighted by Gasteiger charge is -2.27. The number of rotatable bonds is 8. The molecule has 114 valence electrons. The molecule has 3 atom stereocenters. The van der Waals surface area contributed by atoms with Gasteiger partial charge in [0.05, 0.1) is 5.25 Å². The summed E-state index contributed by atoms with van der Waals surface area (Å²) in [5.41, 5.74) is 0. The molecule has 4 nitrogen and oxygen atoms in total. The molecule has 1 rings (SSSR count). The van der Waals surface area contributed by atoms with Crippen molar-refractivity contribution in [3.05, 3.63) is 0 Å². The SMILES string of the molecule is CCCNCC(C)S(=O)(=O)NCC1CCCC(C)C1. The Morgan fingerprint density at radius 1 is 1.32 bits per heavy atom. The van der Waals surface area contributed by atoms with Crippen molar-refractivity contribution in [1.82, 2.24) is 10.0 Å². The largest absolute Gasteiger partial charge is 0.315 e. The zero-order valence-corrected chi connectivity index (χ0v) is 13.4. The van der Waals surface area contributed by atoms with Crippen molar-refractivity contribution < 1.29 is 8.42 Å². The molecule has 5 heteroatoms. The van der Waals surface area contributed by atoms with Gasteiger partial charge in [0.25, 0.3) is 0 Å². The molecule has 1 aliphatic carbocycles. The van der Waals surface area contributed by atoms with Crippen molar-refractivity contribution in [2.45, 2.75) is 58.1 Å². The van der Waals surface area contributed by atoms with Gasteiger partial charge in [-0.15, -0.1) is 0 Å². The number of hydrogen-bond acceptors (Lipinski definition) is 3. The molecule has 0 aromatic heterocycles. The van der Waals surface area contributed by atoms with Crippen LogP contribution in [0, 0.1) is 11.8 Å². The van der Waals surface area contributed by atoms with Crippen LogP contribution in [0.5, 0.6) is 0 Å². The first kappa shape index (κ1) is 16.9. The predicted octanol–water partition coefficient (Wildman–Crippen LogP) is 2.12. The molecule has 0 saturated heterocycles. The Kier molecular flexibility index (Phi) is 7.32. The van der Waals surface area contributed by atoms with Crippen molar-refractivity contribution in [3.63, 3.8) is 0 Å². The Morgan fingerprint density at radius 2 is 2.05 bits per heavy atom. The van der Waals surface area contributed by atoms with E-state index in [0.29, 0.717) is 19.0 Å². The van der Waals surface area contributed by atoms with Crippen LogP contribution in [0.2, 0.25) is 0 Å². The first-order valence-electron chi connectivity index (χ1n) is 7.65. The van der Waals surface area contributed by atoms with E-state index in [1.54, 1.807) is 6.92 Å². The van der Waals surface area contributed by atoms with Crippen LogP contribution in [0.25, 0.3) is 0 Å². The van der Waals surface area contributed by atoms with E-state index >= 15 is 0 Å². The average Bonchev–Trinajstić information content (AvgIpc) is 2.37. The van der Waals surface area contributed by atoms with Crippen molar-refractivity contribution >= 4 is 10.0 Å². The summed E-state index contributed by atoms with van der Waals surface area (Å²) in [6.45, 7) is 8.14.